The lowest BCUT2D eigenvalue weighted by molar-refractivity contribution is 0.620. The van der Waals surface area contributed by atoms with E-state index in [1.54, 1.807) is 6.07 Å². The van der Waals surface area contributed by atoms with Crippen LogP contribution in [-0.2, 0) is 0 Å². The zero-order valence-electron chi connectivity index (χ0n) is 4.50. The molecule has 0 nitrogen and oxygen atoms in total. The number of hydrogen-bond acceptors (Lipinski definition) is 2. The third-order valence-corrected chi connectivity index (χ3v) is 1.38. The van der Waals surface area contributed by atoms with Crippen molar-refractivity contribution in [3.63, 3.8) is 0 Å². The maximum atomic E-state index is 12.3. The highest BCUT2D eigenvalue weighted by Crippen LogP contribution is 2.14. The molecule has 0 heterocycles. The van der Waals surface area contributed by atoms with E-state index in [0.717, 1.165) is 0 Å². The molecule has 0 N–H and O–H groups in total. The van der Waals surface area contributed by atoms with E-state index in [4.69, 9.17) is 0 Å². The van der Waals surface area contributed by atoms with Gasteiger partial charge in [0.2, 0.25) is 0 Å². The molecule has 0 bridgehead atoms. The second-order valence-corrected chi connectivity index (χ2v) is 2.70. The molecule has 0 aliphatic carbocycles. The van der Waals surface area contributed by atoms with Crippen molar-refractivity contribution in [3.05, 3.63) is 24.0 Å². The minimum Gasteiger partial charge on any atom is -0.207 e. The van der Waals surface area contributed by atoms with Gasteiger partial charge in [-0.25, -0.2) is 4.39 Å². The second-order valence-electron chi connectivity index (χ2n) is 1.67. The molecular formula is C6H5FS2. The Morgan fingerprint density at radius 1 is 1.00 bits per heavy atom. The zero-order chi connectivity index (χ0) is 6.85. The van der Waals surface area contributed by atoms with Gasteiger partial charge in [0.15, 0.2) is 0 Å². The third-order valence-electron chi connectivity index (χ3n) is 0.867. The van der Waals surface area contributed by atoms with Gasteiger partial charge >= 0.3 is 0 Å². The molecule has 0 radical (unpaired) electrons. The number of hydrogen-bond donors (Lipinski definition) is 2. The van der Waals surface area contributed by atoms with Crippen molar-refractivity contribution in [2.75, 3.05) is 0 Å². The minimum atomic E-state index is -0.299. The molecule has 48 valence electrons. The summed E-state index contributed by atoms with van der Waals surface area (Å²) in [5.41, 5.74) is 0. The fourth-order valence-corrected chi connectivity index (χ4v) is 1.19. The molecule has 0 amide bonds. The fourth-order valence-electron chi connectivity index (χ4n) is 0.559. The summed E-state index contributed by atoms with van der Waals surface area (Å²) in [7, 11) is 0. The van der Waals surface area contributed by atoms with Crippen LogP contribution in [0.15, 0.2) is 28.0 Å². The molecule has 0 aliphatic rings. The minimum absolute atomic E-state index is 0.299. The third kappa shape index (κ3) is 1.91. The molecular weight excluding hydrogens is 155 g/mol. The fraction of sp³-hybridized carbons (Fsp3) is 0. The molecule has 0 aliphatic heterocycles. The smallest absolute Gasteiger partial charge is 0.125 e. The molecule has 0 saturated carbocycles. The van der Waals surface area contributed by atoms with E-state index in [1.807, 2.05) is 0 Å². The summed E-state index contributed by atoms with van der Waals surface area (Å²) in [5.74, 6) is -0.299. The van der Waals surface area contributed by atoms with Gasteiger partial charge in [0.05, 0.1) is 0 Å². The average Bonchev–Trinajstić information content (AvgIpc) is 1.59. The van der Waals surface area contributed by atoms with Crippen LogP contribution in [0.1, 0.15) is 0 Å². The summed E-state index contributed by atoms with van der Waals surface area (Å²) >= 11 is 7.87. The Bertz CT molecular complexity index is 172. The first-order chi connectivity index (χ1) is 4.18. The van der Waals surface area contributed by atoms with Gasteiger partial charge in [-0.3, -0.25) is 0 Å². The predicted molar refractivity (Wildman–Crippen MR) is 40.9 cm³/mol. The van der Waals surface area contributed by atoms with Crippen molar-refractivity contribution in [3.8, 4) is 0 Å². The van der Waals surface area contributed by atoms with Crippen LogP contribution in [0.2, 0.25) is 0 Å². The van der Waals surface area contributed by atoms with E-state index in [0.29, 0.717) is 9.79 Å². The Morgan fingerprint density at radius 3 is 1.78 bits per heavy atom. The van der Waals surface area contributed by atoms with E-state index in [1.165, 1.54) is 12.1 Å². The maximum absolute atomic E-state index is 12.3. The Morgan fingerprint density at radius 2 is 1.44 bits per heavy atom. The van der Waals surface area contributed by atoms with Crippen LogP contribution >= 0.6 is 25.3 Å². The van der Waals surface area contributed by atoms with E-state index in [-0.39, 0.29) is 5.82 Å². The van der Waals surface area contributed by atoms with Crippen molar-refractivity contribution < 1.29 is 4.39 Å². The summed E-state index contributed by atoms with van der Waals surface area (Å²) in [6, 6.07) is 4.35. The highest BCUT2D eigenvalue weighted by Gasteiger charge is 1.92. The lowest BCUT2D eigenvalue weighted by Crippen LogP contribution is -1.73. The highest BCUT2D eigenvalue weighted by atomic mass is 32.1. The monoisotopic (exact) mass is 160 g/mol. The van der Waals surface area contributed by atoms with Gasteiger partial charge in [0, 0.05) is 9.79 Å². The molecule has 0 aromatic heterocycles. The van der Waals surface area contributed by atoms with Gasteiger partial charge in [-0.15, -0.1) is 25.3 Å². The molecule has 0 unspecified atom stereocenters. The van der Waals surface area contributed by atoms with Gasteiger partial charge in [-0.1, -0.05) is 0 Å². The van der Waals surface area contributed by atoms with E-state index in [9.17, 15) is 4.39 Å². The van der Waals surface area contributed by atoms with Gasteiger partial charge in [0.1, 0.15) is 5.82 Å². The van der Waals surface area contributed by atoms with Crippen LogP contribution < -0.4 is 0 Å². The topological polar surface area (TPSA) is 0 Å². The summed E-state index contributed by atoms with van der Waals surface area (Å²) in [6.07, 6.45) is 0. The Kier molecular flexibility index (Phi) is 2.03. The predicted octanol–water partition coefficient (Wildman–Crippen LogP) is 2.40. The molecule has 0 saturated heterocycles. The Labute approximate surface area is 63.9 Å². The Balaban J connectivity index is 3.17. The Hall–Kier alpha value is -0.150. The highest BCUT2D eigenvalue weighted by molar-refractivity contribution is 7.81. The summed E-state index contributed by atoms with van der Waals surface area (Å²) in [5, 5.41) is 0. The van der Waals surface area contributed by atoms with Crippen LogP contribution in [0, 0.1) is 5.82 Å². The van der Waals surface area contributed by atoms with Crippen LogP contribution in [0.4, 0.5) is 4.39 Å². The SMILES string of the molecule is Fc1cc(S)cc(S)c1. The van der Waals surface area contributed by atoms with Gasteiger partial charge in [-0.2, -0.15) is 0 Å². The number of halogens is 1. The van der Waals surface area contributed by atoms with Gasteiger partial charge in [-0.05, 0) is 18.2 Å². The van der Waals surface area contributed by atoms with Gasteiger partial charge in [0.25, 0.3) is 0 Å². The van der Waals surface area contributed by atoms with Crippen molar-refractivity contribution in [2.24, 2.45) is 0 Å². The number of benzene rings is 1. The van der Waals surface area contributed by atoms with Crippen LogP contribution in [0.25, 0.3) is 0 Å². The lowest BCUT2D eigenvalue weighted by Gasteiger charge is -1.92. The molecule has 0 atom stereocenters. The first-order valence-corrected chi connectivity index (χ1v) is 3.26. The lowest BCUT2D eigenvalue weighted by atomic mass is 10.3. The summed E-state index contributed by atoms with van der Waals surface area (Å²) in [6.45, 7) is 0. The van der Waals surface area contributed by atoms with Crippen LogP contribution in [0.5, 0.6) is 0 Å². The molecule has 1 rings (SSSR count). The normalized spacial score (nSPS) is 9.67. The number of rotatable bonds is 0. The van der Waals surface area contributed by atoms with Crippen molar-refractivity contribution >= 4 is 25.3 Å². The molecule has 0 spiro atoms. The molecule has 1 aromatic carbocycles. The first kappa shape index (κ1) is 6.96. The largest absolute Gasteiger partial charge is 0.207 e. The first-order valence-electron chi connectivity index (χ1n) is 2.37. The molecule has 9 heavy (non-hydrogen) atoms. The van der Waals surface area contributed by atoms with Crippen molar-refractivity contribution in [1.82, 2.24) is 0 Å². The van der Waals surface area contributed by atoms with Crippen molar-refractivity contribution in [2.45, 2.75) is 9.79 Å². The second kappa shape index (κ2) is 2.62. The standard InChI is InChI=1S/C6H5FS2/c7-4-1-5(8)3-6(9)2-4/h1-3,8-9H. The molecule has 0 fully saturated rings. The number of thiol groups is 2. The molecule has 1 aromatic rings. The maximum Gasteiger partial charge on any atom is 0.125 e. The van der Waals surface area contributed by atoms with E-state index in [2.05, 4.69) is 25.3 Å². The van der Waals surface area contributed by atoms with Crippen molar-refractivity contribution in [1.29, 1.82) is 0 Å². The quantitative estimate of drug-likeness (QED) is 0.535. The van der Waals surface area contributed by atoms with Crippen LogP contribution in [-0.4, -0.2) is 0 Å². The summed E-state index contributed by atoms with van der Waals surface area (Å²) < 4.78 is 12.3. The van der Waals surface area contributed by atoms with E-state index >= 15 is 0 Å². The average molecular weight is 160 g/mol. The zero-order valence-corrected chi connectivity index (χ0v) is 6.29. The molecule has 3 heteroatoms. The summed E-state index contributed by atoms with van der Waals surface area (Å²) in [4.78, 5) is 1.19. The van der Waals surface area contributed by atoms with E-state index < -0.39 is 0 Å². The van der Waals surface area contributed by atoms with Crippen LogP contribution in [0.3, 0.4) is 0 Å². The van der Waals surface area contributed by atoms with Gasteiger partial charge < -0.3 is 0 Å².